The topological polar surface area (TPSA) is 76.9 Å². The predicted molar refractivity (Wildman–Crippen MR) is 96.3 cm³/mol. The van der Waals surface area contributed by atoms with Gasteiger partial charge >= 0.3 is 0 Å². The van der Waals surface area contributed by atoms with E-state index in [1.165, 1.54) is 4.57 Å². The zero-order valence-corrected chi connectivity index (χ0v) is 14.5. The summed E-state index contributed by atoms with van der Waals surface area (Å²) in [6.07, 6.45) is 1.68. The number of nitrogens with zero attached hydrogens (tertiary/aromatic N) is 3. The Kier molecular flexibility index (Phi) is 4.61. The van der Waals surface area contributed by atoms with E-state index in [-0.39, 0.29) is 18.0 Å². The van der Waals surface area contributed by atoms with Gasteiger partial charge < -0.3 is 5.32 Å². The molecule has 0 spiro atoms. The van der Waals surface area contributed by atoms with Gasteiger partial charge in [-0.2, -0.15) is 0 Å². The molecule has 0 bridgehead atoms. The first-order valence-corrected chi connectivity index (χ1v) is 8.10. The summed E-state index contributed by atoms with van der Waals surface area (Å²) in [6, 6.07) is 9.37. The predicted octanol–water partition coefficient (Wildman–Crippen LogP) is 2.03. The third kappa shape index (κ3) is 3.57. The van der Waals surface area contributed by atoms with Crippen molar-refractivity contribution in [1.29, 1.82) is 0 Å². The van der Waals surface area contributed by atoms with E-state index in [9.17, 15) is 9.59 Å². The number of rotatable bonds is 4. The number of nitrogens with one attached hydrogen (secondary N) is 1. The molecule has 2 heterocycles. The van der Waals surface area contributed by atoms with E-state index in [1.807, 2.05) is 44.2 Å². The molecule has 0 aliphatic heterocycles. The number of carbonyl (C=O) groups is 1. The smallest absolute Gasteiger partial charge is 0.272 e. The summed E-state index contributed by atoms with van der Waals surface area (Å²) in [5.41, 5.74) is 4.45. The lowest BCUT2D eigenvalue weighted by Gasteiger charge is -2.13. The minimum atomic E-state index is -0.247. The van der Waals surface area contributed by atoms with Gasteiger partial charge in [-0.15, -0.1) is 0 Å². The molecule has 0 radical (unpaired) electrons. The summed E-state index contributed by atoms with van der Waals surface area (Å²) >= 11 is 0. The maximum absolute atomic E-state index is 12.5. The monoisotopic (exact) mass is 336 g/mol. The molecule has 2 aromatic heterocycles. The molecule has 1 aromatic carbocycles. The Morgan fingerprint density at radius 3 is 2.64 bits per heavy atom. The Bertz CT molecular complexity index is 994. The summed E-state index contributed by atoms with van der Waals surface area (Å²) in [5.74, 6) is -0.238. The molecule has 0 atom stereocenters. The summed E-state index contributed by atoms with van der Waals surface area (Å²) in [6.45, 7) is 5.92. The van der Waals surface area contributed by atoms with Crippen LogP contribution in [-0.2, 0) is 17.9 Å². The van der Waals surface area contributed by atoms with Crippen LogP contribution in [0.15, 0.2) is 41.3 Å². The first kappa shape index (κ1) is 16.8. The van der Waals surface area contributed by atoms with Crippen molar-refractivity contribution in [1.82, 2.24) is 19.9 Å². The first-order valence-electron chi connectivity index (χ1n) is 8.10. The van der Waals surface area contributed by atoms with Gasteiger partial charge in [0.2, 0.25) is 5.91 Å². The van der Waals surface area contributed by atoms with Crippen LogP contribution in [-0.4, -0.2) is 20.4 Å². The maximum Gasteiger partial charge on any atom is 0.272 e. The van der Waals surface area contributed by atoms with Crippen molar-refractivity contribution in [3.63, 3.8) is 0 Å². The SMILES string of the molecule is Cc1cc2nc(C)c(=O)n(CC(=O)NCc3ccccn3)c2cc1C. The van der Waals surface area contributed by atoms with E-state index in [4.69, 9.17) is 0 Å². The van der Waals surface area contributed by atoms with E-state index < -0.39 is 0 Å². The zero-order chi connectivity index (χ0) is 18.0. The number of hydrogen-bond acceptors (Lipinski definition) is 4. The normalized spacial score (nSPS) is 10.8. The summed E-state index contributed by atoms with van der Waals surface area (Å²) in [5, 5.41) is 2.80. The molecule has 128 valence electrons. The number of benzene rings is 1. The van der Waals surface area contributed by atoms with Gasteiger partial charge in [0.15, 0.2) is 0 Å². The number of carbonyl (C=O) groups excluding carboxylic acids is 1. The van der Waals surface area contributed by atoms with E-state index in [0.29, 0.717) is 17.8 Å². The lowest BCUT2D eigenvalue weighted by molar-refractivity contribution is -0.121. The zero-order valence-electron chi connectivity index (χ0n) is 14.5. The molecule has 6 heteroatoms. The molecule has 25 heavy (non-hydrogen) atoms. The molecule has 0 unspecified atom stereocenters. The van der Waals surface area contributed by atoms with Gasteiger partial charge in [0.05, 0.1) is 23.3 Å². The second-order valence-corrected chi connectivity index (χ2v) is 6.11. The Labute approximate surface area is 145 Å². The average molecular weight is 336 g/mol. The minimum Gasteiger partial charge on any atom is -0.349 e. The molecule has 0 aliphatic carbocycles. The van der Waals surface area contributed by atoms with E-state index >= 15 is 0 Å². The highest BCUT2D eigenvalue weighted by Gasteiger charge is 2.13. The second kappa shape index (κ2) is 6.84. The van der Waals surface area contributed by atoms with Gasteiger partial charge in [-0.1, -0.05) is 6.07 Å². The molecular formula is C19H20N4O2. The molecule has 0 saturated heterocycles. The van der Waals surface area contributed by atoms with Crippen molar-refractivity contribution in [3.05, 3.63) is 69.4 Å². The number of hydrogen-bond donors (Lipinski definition) is 1. The van der Waals surface area contributed by atoms with Crippen molar-refractivity contribution in [2.45, 2.75) is 33.9 Å². The van der Waals surface area contributed by atoms with Crippen LogP contribution in [0.1, 0.15) is 22.5 Å². The number of pyridine rings is 1. The average Bonchev–Trinajstić information content (AvgIpc) is 2.60. The molecular weight excluding hydrogens is 316 g/mol. The van der Waals surface area contributed by atoms with Crippen LogP contribution in [0, 0.1) is 20.8 Å². The highest BCUT2D eigenvalue weighted by molar-refractivity contribution is 5.81. The third-order valence-electron chi connectivity index (χ3n) is 4.22. The highest BCUT2D eigenvalue weighted by Crippen LogP contribution is 2.17. The maximum atomic E-state index is 12.5. The largest absolute Gasteiger partial charge is 0.349 e. The van der Waals surface area contributed by atoms with Crippen LogP contribution in [0.2, 0.25) is 0 Å². The van der Waals surface area contributed by atoms with Crippen molar-refractivity contribution in [3.8, 4) is 0 Å². The fourth-order valence-corrected chi connectivity index (χ4v) is 2.67. The molecule has 1 amide bonds. The van der Waals surface area contributed by atoms with Crippen molar-refractivity contribution in [2.24, 2.45) is 0 Å². The van der Waals surface area contributed by atoms with Gasteiger partial charge in [0.1, 0.15) is 12.2 Å². The summed E-state index contributed by atoms with van der Waals surface area (Å²) < 4.78 is 1.48. The number of aryl methyl sites for hydroxylation is 3. The van der Waals surface area contributed by atoms with Crippen molar-refractivity contribution >= 4 is 16.9 Å². The lowest BCUT2D eigenvalue weighted by atomic mass is 10.1. The second-order valence-electron chi connectivity index (χ2n) is 6.11. The highest BCUT2D eigenvalue weighted by atomic mass is 16.2. The number of aromatic nitrogens is 3. The van der Waals surface area contributed by atoms with Gasteiger partial charge in [-0.3, -0.25) is 19.1 Å². The minimum absolute atomic E-state index is 0.0476. The Morgan fingerprint density at radius 2 is 1.92 bits per heavy atom. The first-order chi connectivity index (χ1) is 12.0. The quantitative estimate of drug-likeness (QED) is 0.791. The van der Waals surface area contributed by atoms with Crippen molar-refractivity contribution < 1.29 is 4.79 Å². The fraction of sp³-hybridized carbons (Fsp3) is 0.263. The lowest BCUT2D eigenvalue weighted by Crippen LogP contribution is -2.33. The van der Waals surface area contributed by atoms with E-state index in [1.54, 1.807) is 13.1 Å². The van der Waals surface area contributed by atoms with Gasteiger partial charge in [0.25, 0.3) is 5.56 Å². The molecule has 0 fully saturated rings. The van der Waals surface area contributed by atoms with E-state index in [0.717, 1.165) is 22.3 Å². The third-order valence-corrected chi connectivity index (χ3v) is 4.22. The Hall–Kier alpha value is -3.02. The van der Waals surface area contributed by atoms with E-state index in [2.05, 4.69) is 15.3 Å². The van der Waals surface area contributed by atoms with Gasteiger partial charge in [-0.25, -0.2) is 4.98 Å². The summed E-state index contributed by atoms with van der Waals surface area (Å²) in [7, 11) is 0. The molecule has 0 aliphatic rings. The van der Waals surface area contributed by atoms with Gasteiger partial charge in [-0.05, 0) is 56.2 Å². The molecule has 6 nitrogen and oxygen atoms in total. The molecule has 0 saturated carbocycles. The van der Waals surface area contributed by atoms with Gasteiger partial charge in [0, 0.05) is 6.20 Å². The van der Waals surface area contributed by atoms with Crippen LogP contribution in [0.25, 0.3) is 11.0 Å². The molecule has 3 aromatic rings. The van der Waals surface area contributed by atoms with Crippen LogP contribution in [0.5, 0.6) is 0 Å². The van der Waals surface area contributed by atoms with Crippen LogP contribution >= 0.6 is 0 Å². The number of fused-ring (bicyclic) bond motifs is 1. The van der Waals surface area contributed by atoms with Crippen LogP contribution in [0.3, 0.4) is 0 Å². The molecule has 1 N–H and O–H groups in total. The van der Waals surface area contributed by atoms with Crippen LogP contribution < -0.4 is 10.9 Å². The summed E-state index contributed by atoms with van der Waals surface area (Å²) in [4.78, 5) is 33.4. The molecule has 3 rings (SSSR count). The Morgan fingerprint density at radius 1 is 1.16 bits per heavy atom. The standard InChI is InChI=1S/C19H20N4O2/c1-12-8-16-17(9-13(12)2)23(19(25)14(3)22-16)11-18(24)21-10-15-6-4-5-7-20-15/h4-9H,10-11H2,1-3H3,(H,21,24). The van der Waals surface area contributed by atoms with Crippen molar-refractivity contribution in [2.75, 3.05) is 0 Å². The number of amides is 1. The fourth-order valence-electron chi connectivity index (χ4n) is 2.67. The Balaban J connectivity index is 1.89. The van der Waals surface area contributed by atoms with Crippen LogP contribution in [0.4, 0.5) is 0 Å².